The van der Waals surface area contributed by atoms with Gasteiger partial charge in [-0.3, -0.25) is 14.6 Å². The zero-order chi connectivity index (χ0) is 14.1. The third kappa shape index (κ3) is 1.77. The van der Waals surface area contributed by atoms with Crippen molar-refractivity contribution >= 4 is 17.5 Å². The first-order valence-corrected chi connectivity index (χ1v) is 6.54. The molecule has 4 nitrogen and oxygen atoms in total. The predicted octanol–water partition coefficient (Wildman–Crippen LogP) is 2.72. The fraction of sp³-hybridized carbons (Fsp3) is 0.125. The number of hydrogen-bond acceptors (Lipinski definition) is 3. The molecule has 2 aromatic rings. The van der Waals surface area contributed by atoms with Crippen molar-refractivity contribution < 1.29 is 9.59 Å². The highest BCUT2D eigenvalue weighted by Crippen LogP contribution is 2.27. The average Bonchev–Trinajstić information content (AvgIpc) is 2.75. The Bertz CT molecular complexity index is 632. The van der Waals surface area contributed by atoms with Crippen LogP contribution in [-0.2, 0) is 0 Å². The van der Waals surface area contributed by atoms with E-state index >= 15 is 0 Å². The van der Waals surface area contributed by atoms with Gasteiger partial charge in [0, 0.05) is 6.54 Å². The van der Waals surface area contributed by atoms with Crippen LogP contribution in [0, 0.1) is 0 Å². The van der Waals surface area contributed by atoms with E-state index in [2.05, 4.69) is 0 Å². The molecule has 3 rings (SSSR count). The average molecular weight is 266 g/mol. The molecule has 0 unspecified atom stereocenters. The number of hydrazine groups is 1. The largest absolute Gasteiger partial charge is 0.280 e. The molecular formula is C16H14N2O2. The maximum atomic E-state index is 12.4. The number of fused-ring (bicyclic) bond motifs is 1. The van der Waals surface area contributed by atoms with Gasteiger partial charge in [-0.15, -0.1) is 0 Å². The summed E-state index contributed by atoms with van der Waals surface area (Å²) < 4.78 is 0. The van der Waals surface area contributed by atoms with E-state index in [0.717, 1.165) is 5.69 Å². The molecule has 0 fully saturated rings. The fourth-order valence-electron chi connectivity index (χ4n) is 2.44. The molecule has 1 aliphatic rings. The second-order valence-electron chi connectivity index (χ2n) is 4.52. The zero-order valence-electron chi connectivity index (χ0n) is 11.1. The van der Waals surface area contributed by atoms with Crippen LogP contribution in [0.2, 0.25) is 0 Å². The number of hydrogen-bond donors (Lipinski definition) is 0. The van der Waals surface area contributed by atoms with Crippen LogP contribution < -0.4 is 5.01 Å². The minimum atomic E-state index is -0.267. The minimum absolute atomic E-state index is 0.267. The molecule has 0 atom stereocenters. The molecule has 20 heavy (non-hydrogen) atoms. The number of nitrogens with zero attached hydrogens (tertiary/aromatic N) is 2. The number of carbonyl (C=O) groups excluding carboxylic acids is 2. The zero-order valence-corrected chi connectivity index (χ0v) is 11.1. The molecule has 0 saturated carbocycles. The second-order valence-corrected chi connectivity index (χ2v) is 4.52. The normalized spacial score (nSPS) is 13.6. The highest BCUT2D eigenvalue weighted by Gasteiger charge is 2.38. The summed E-state index contributed by atoms with van der Waals surface area (Å²) in [6, 6.07) is 16.4. The van der Waals surface area contributed by atoms with Gasteiger partial charge in [0.2, 0.25) is 0 Å². The molecule has 4 heteroatoms. The third-order valence-electron chi connectivity index (χ3n) is 3.37. The van der Waals surface area contributed by atoms with Crippen molar-refractivity contribution in [2.24, 2.45) is 0 Å². The smallest absolute Gasteiger partial charge is 0.276 e. The molecule has 2 aromatic carbocycles. The highest BCUT2D eigenvalue weighted by molar-refractivity contribution is 6.22. The number of benzene rings is 2. The minimum Gasteiger partial charge on any atom is -0.276 e. The fourth-order valence-corrected chi connectivity index (χ4v) is 2.44. The summed E-state index contributed by atoms with van der Waals surface area (Å²) in [6.45, 7) is 2.45. The van der Waals surface area contributed by atoms with Crippen molar-refractivity contribution in [3.8, 4) is 0 Å². The van der Waals surface area contributed by atoms with E-state index < -0.39 is 0 Å². The Hall–Kier alpha value is -2.62. The van der Waals surface area contributed by atoms with Gasteiger partial charge in [-0.25, -0.2) is 0 Å². The quantitative estimate of drug-likeness (QED) is 0.802. The summed E-state index contributed by atoms with van der Waals surface area (Å²) in [5.74, 6) is -0.535. The van der Waals surface area contributed by atoms with Crippen molar-refractivity contribution in [2.75, 3.05) is 11.6 Å². The number of imide groups is 1. The first kappa shape index (κ1) is 12.4. The maximum absolute atomic E-state index is 12.4. The van der Waals surface area contributed by atoms with E-state index in [1.54, 1.807) is 29.3 Å². The Kier molecular flexibility index (Phi) is 2.99. The van der Waals surface area contributed by atoms with Gasteiger partial charge in [0.1, 0.15) is 0 Å². The molecule has 0 saturated heterocycles. The predicted molar refractivity (Wildman–Crippen MR) is 76.4 cm³/mol. The van der Waals surface area contributed by atoms with E-state index in [9.17, 15) is 9.59 Å². The van der Waals surface area contributed by atoms with Gasteiger partial charge in [-0.05, 0) is 31.2 Å². The van der Waals surface area contributed by atoms with E-state index in [-0.39, 0.29) is 11.8 Å². The van der Waals surface area contributed by atoms with Gasteiger partial charge in [-0.1, -0.05) is 30.3 Å². The topological polar surface area (TPSA) is 40.6 Å². The lowest BCUT2D eigenvalue weighted by Gasteiger charge is -2.30. The summed E-state index contributed by atoms with van der Waals surface area (Å²) in [7, 11) is 0. The monoisotopic (exact) mass is 266 g/mol. The van der Waals surface area contributed by atoms with Crippen molar-refractivity contribution in [3.63, 3.8) is 0 Å². The number of carbonyl (C=O) groups is 2. The van der Waals surface area contributed by atoms with E-state index in [4.69, 9.17) is 0 Å². The Morgan fingerprint density at radius 2 is 1.35 bits per heavy atom. The molecule has 0 aromatic heterocycles. The molecule has 100 valence electrons. The Labute approximate surface area is 117 Å². The van der Waals surface area contributed by atoms with Crippen LogP contribution in [0.1, 0.15) is 27.6 Å². The first-order valence-electron chi connectivity index (χ1n) is 6.54. The van der Waals surface area contributed by atoms with Crippen LogP contribution in [0.25, 0.3) is 0 Å². The molecule has 0 N–H and O–H groups in total. The summed E-state index contributed by atoms with van der Waals surface area (Å²) in [5, 5.41) is 2.92. The number of para-hydroxylation sites is 1. The first-order chi connectivity index (χ1) is 9.74. The number of amides is 2. The standard InChI is InChI=1S/C16H14N2O2/c1-2-17(12-8-4-3-5-9-12)18-15(19)13-10-6-7-11-14(13)16(18)20/h3-11H,2H2,1H3. The number of rotatable bonds is 3. The van der Waals surface area contributed by atoms with E-state index in [0.29, 0.717) is 17.7 Å². The summed E-state index contributed by atoms with van der Waals surface area (Å²) in [5.41, 5.74) is 1.75. The van der Waals surface area contributed by atoms with E-state index in [1.807, 2.05) is 37.3 Å². The van der Waals surface area contributed by atoms with Gasteiger partial charge < -0.3 is 0 Å². The van der Waals surface area contributed by atoms with Crippen LogP contribution in [0.15, 0.2) is 54.6 Å². The van der Waals surface area contributed by atoms with Crippen LogP contribution in [-0.4, -0.2) is 23.4 Å². The SMILES string of the molecule is CCN(c1ccccc1)N1C(=O)c2ccccc2C1=O. The van der Waals surface area contributed by atoms with Gasteiger partial charge in [0.25, 0.3) is 11.8 Å². The molecule has 0 spiro atoms. The lowest BCUT2D eigenvalue weighted by Crippen LogP contribution is -2.46. The molecule has 0 bridgehead atoms. The molecule has 2 amide bonds. The second kappa shape index (κ2) is 4.81. The molecule has 0 aliphatic carbocycles. The lowest BCUT2D eigenvalue weighted by atomic mass is 10.1. The molecule has 1 aliphatic heterocycles. The maximum Gasteiger partial charge on any atom is 0.280 e. The van der Waals surface area contributed by atoms with Crippen molar-refractivity contribution in [1.29, 1.82) is 0 Å². The summed E-state index contributed by atoms with van der Waals surface area (Å²) in [4.78, 5) is 24.9. The Morgan fingerprint density at radius 3 is 1.85 bits per heavy atom. The van der Waals surface area contributed by atoms with Crippen molar-refractivity contribution in [2.45, 2.75) is 6.92 Å². The Balaban J connectivity index is 2.03. The van der Waals surface area contributed by atoms with Crippen LogP contribution >= 0.6 is 0 Å². The van der Waals surface area contributed by atoms with Crippen LogP contribution in [0.3, 0.4) is 0 Å². The van der Waals surface area contributed by atoms with Gasteiger partial charge in [0.15, 0.2) is 0 Å². The van der Waals surface area contributed by atoms with Gasteiger partial charge >= 0.3 is 0 Å². The summed E-state index contributed by atoms with van der Waals surface area (Å²) >= 11 is 0. The van der Waals surface area contributed by atoms with Crippen molar-refractivity contribution in [3.05, 3.63) is 65.7 Å². The van der Waals surface area contributed by atoms with Crippen molar-refractivity contribution in [1.82, 2.24) is 5.01 Å². The van der Waals surface area contributed by atoms with Gasteiger partial charge in [-0.2, -0.15) is 5.01 Å². The third-order valence-corrected chi connectivity index (χ3v) is 3.37. The molecule has 1 heterocycles. The Morgan fingerprint density at radius 1 is 0.850 bits per heavy atom. The number of anilines is 1. The van der Waals surface area contributed by atoms with E-state index in [1.165, 1.54) is 5.01 Å². The molecular weight excluding hydrogens is 252 g/mol. The highest BCUT2D eigenvalue weighted by atomic mass is 16.2. The van der Waals surface area contributed by atoms with Crippen LogP contribution in [0.5, 0.6) is 0 Å². The lowest BCUT2D eigenvalue weighted by molar-refractivity contribution is 0.0636. The summed E-state index contributed by atoms with van der Waals surface area (Å²) in [6.07, 6.45) is 0. The molecule has 0 radical (unpaired) electrons. The van der Waals surface area contributed by atoms with Gasteiger partial charge in [0.05, 0.1) is 16.8 Å². The van der Waals surface area contributed by atoms with Crippen LogP contribution in [0.4, 0.5) is 5.69 Å².